The predicted molar refractivity (Wildman–Crippen MR) is 84.6 cm³/mol. The van der Waals surface area contributed by atoms with Gasteiger partial charge in [0.15, 0.2) is 17.6 Å². The molecule has 0 saturated heterocycles. The second-order valence-electron chi connectivity index (χ2n) is 5.15. The molecule has 0 spiro atoms. The Balaban J connectivity index is 1.64. The molecule has 1 N–H and O–H groups in total. The van der Waals surface area contributed by atoms with Crippen molar-refractivity contribution in [3.8, 4) is 11.5 Å². The maximum Gasteiger partial charge on any atom is 0.345 e. The number of likely N-dealkylation sites (N-methyl/N-ethyl adjacent to an activating group) is 1. The van der Waals surface area contributed by atoms with Crippen LogP contribution in [0.1, 0.15) is 19.3 Å². The van der Waals surface area contributed by atoms with Crippen LogP contribution < -0.4 is 9.47 Å². The van der Waals surface area contributed by atoms with E-state index in [4.69, 9.17) is 14.6 Å². The van der Waals surface area contributed by atoms with Crippen molar-refractivity contribution in [2.75, 3.05) is 20.2 Å². The van der Waals surface area contributed by atoms with Gasteiger partial charge < -0.3 is 19.5 Å². The molecule has 7 heteroatoms. The summed E-state index contributed by atoms with van der Waals surface area (Å²) in [6, 6.07) is 10.3. The lowest BCUT2D eigenvalue weighted by molar-refractivity contribution is 0.0524. The molecule has 6 nitrogen and oxygen atoms in total. The van der Waals surface area contributed by atoms with Crippen LogP contribution in [0.5, 0.6) is 11.5 Å². The van der Waals surface area contributed by atoms with Gasteiger partial charge in [0.1, 0.15) is 11.5 Å². The number of hydrogen-bond acceptors (Lipinski definition) is 5. The van der Waals surface area contributed by atoms with E-state index in [1.165, 1.54) is 17.0 Å². The number of para-hydroxylation sites is 2. The molecule has 3 rings (SSSR count). The van der Waals surface area contributed by atoms with Crippen LogP contribution >= 0.6 is 11.3 Å². The van der Waals surface area contributed by atoms with Crippen molar-refractivity contribution < 1.29 is 24.2 Å². The van der Waals surface area contributed by atoms with Crippen molar-refractivity contribution in [2.24, 2.45) is 0 Å². The lowest BCUT2D eigenvalue weighted by Gasteiger charge is -2.29. The number of carboxylic acids is 1. The lowest BCUT2D eigenvalue weighted by atomic mass is 10.2. The highest BCUT2D eigenvalue weighted by Crippen LogP contribution is 2.31. The summed E-state index contributed by atoms with van der Waals surface area (Å²) in [5.41, 5.74) is 0. The Kier molecular flexibility index (Phi) is 4.20. The highest BCUT2D eigenvalue weighted by Gasteiger charge is 2.25. The number of ether oxygens (including phenoxy) is 2. The summed E-state index contributed by atoms with van der Waals surface area (Å²) in [5.74, 6) is 0.0956. The number of thiophene rings is 1. The highest BCUT2D eigenvalue weighted by atomic mass is 32.1. The van der Waals surface area contributed by atoms with E-state index in [0.29, 0.717) is 29.5 Å². The van der Waals surface area contributed by atoms with Gasteiger partial charge in [0.05, 0.1) is 11.4 Å². The van der Waals surface area contributed by atoms with Crippen LogP contribution in [0.2, 0.25) is 0 Å². The van der Waals surface area contributed by atoms with Gasteiger partial charge in [-0.05, 0) is 24.3 Å². The molecule has 1 amide bonds. The van der Waals surface area contributed by atoms with Crippen molar-refractivity contribution in [1.82, 2.24) is 4.90 Å². The number of carbonyl (C=O) groups excluding carboxylic acids is 1. The second-order valence-corrected chi connectivity index (χ2v) is 6.24. The molecule has 120 valence electrons. The lowest BCUT2D eigenvalue weighted by Crippen LogP contribution is -2.41. The molecule has 1 aliphatic rings. The van der Waals surface area contributed by atoms with Gasteiger partial charge in [0.2, 0.25) is 0 Å². The number of rotatable bonds is 4. The van der Waals surface area contributed by atoms with Gasteiger partial charge in [-0.1, -0.05) is 12.1 Å². The molecule has 0 fully saturated rings. The van der Waals surface area contributed by atoms with Crippen LogP contribution in [0.15, 0.2) is 36.4 Å². The number of amides is 1. The maximum absolute atomic E-state index is 12.3. The fourth-order valence-corrected chi connectivity index (χ4v) is 3.14. The van der Waals surface area contributed by atoms with Gasteiger partial charge in [-0.15, -0.1) is 11.3 Å². The smallest absolute Gasteiger partial charge is 0.345 e. The molecule has 0 aliphatic carbocycles. The monoisotopic (exact) mass is 333 g/mol. The first-order chi connectivity index (χ1) is 11.0. The molecule has 1 aliphatic heterocycles. The zero-order valence-corrected chi connectivity index (χ0v) is 13.2. The third kappa shape index (κ3) is 3.29. The Morgan fingerprint density at radius 2 is 1.91 bits per heavy atom. The van der Waals surface area contributed by atoms with E-state index in [9.17, 15) is 9.59 Å². The molecule has 0 bridgehead atoms. The van der Waals surface area contributed by atoms with Crippen molar-refractivity contribution in [1.29, 1.82) is 0 Å². The zero-order chi connectivity index (χ0) is 16.4. The van der Waals surface area contributed by atoms with E-state index in [1.807, 2.05) is 24.3 Å². The normalized spacial score (nSPS) is 16.0. The van der Waals surface area contributed by atoms with Crippen LogP contribution in [0.3, 0.4) is 0 Å². The van der Waals surface area contributed by atoms with E-state index < -0.39 is 5.97 Å². The summed E-state index contributed by atoms with van der Waals surface area (Å²) >= 11 is 0.965. The summed E-state index contributed by atoms with van der Waals surface area (Å²) in [5, 5.41) is 8.92. The van der Waals surface area contributed by atoms with E-state index in [0.717, 1.165) is 11.3 Å². The molecule has 23 heavy (non-hydrogen) atoms. The SMILES string of the molecule is CN(CC1COc2ccccc2O1)C(=O)c1ccc(C(=O)O)s1. The summed E-state index contributed by atoms with van der Waals surface area (Å²) in [7, 11) is 1.66. The first kappa shape index (κ1) is 15.4. The van der Waals surface area contributed by atoms with Crippen LogP contribution in [0.4, 0.5) is 0 Å². The van der Waals surface area contributed by atoms with Gasteiger partial charge in [0.25, 0.3) is 5.91 Å². The van der Waals surface area contributed by atoms with Gasteiger partial charge >= 0.3 is 5.97 Å². The molecular weight excluding hydrogens is 318 g/mol. The average Bonchev–Trinajstić information content (AvgIpc) is 3.04. The van der Waals surface area contributed by atoms with E-state index in [2.05, 4.69) is 0 Å². The van der Waals surface area contributed by atoms with Crippen molar-refractivity contribution >= 4 is 23.2 Å². The fourth-order valence-electron chi connectivity index (χ4n) is 2.30. The van der Waals surface area contributed by atoms with Gasteiger partial charge in [-0.25, -0.2) is 4.79 Å². The van der Waals surface area contributed by atoms with Crippen LogP contribution in [-0.4, -0.2) is 48.2 Å². The van der Waals surface area contributed by atoms with E-state index >= 15 is 0 Å². The van der Waals surface area contributed by atoms with Crippen molar-refractivity contribution in [3.63, 3.8) is 0 Å². The predicted octanol–water partition coefficient (Wildman–Crippen LogP) is 2.36. The van der Waals surface area contributed by atoms with Crippen molar-refractivity contribution in [2.45, 2.75) is 6.10 Å². The number of carboxylic acid groups (broad SMARTS) is 1. The van der Waals surface area contributed by atoms with Gasteiger partial charge in [-0.3, -0.25) is 4.79 Å². The molecule has 1 aromatic carbocycles. The largest absolute Gasteiger partial charge is 0.486 e. The molecule has 0 radical (unpaired) electrons. The number of nitrogens with zero attached hydrogens (tertiary/aromatic N) is 1. The number of fused-ring (bicyclic) bond motifs is 1. The second kappa shape index (κ2) is 6.29. The van der Waals surface area contributed by atoms with Gasteiger partial charge in [0, 0.05) is 7.05 Å². The highest BCUT2D eigenvalue weighted by molar-refractivity contribution is 7.15. The topological polar surface area (TPSA) is 76.1 Å². The Bertz CT molecular complexity index is 742. The van der Waals surface area contributed by atoms with Crippen LogP contribution in [-0.2, 0) is 0 Å². The fraction of sp³-hybridized carbons (Fsp3) is 0.250. The molecule has 2 heterocycles. The Morgan fingerprint density at radius 3 is 2.61 bits per heavy atom. The Hall–Kier alpha value is -2.54. The van der Waals surface area contributed by atoms with E-state index in [-0.39, 0.29) is 16.9 Å². The van der Waals surface area contributed by atoms with E-state index in [1.54, 1.807) is 7.05 Å². The molecule has 2 aromatic rings. The standard InChI is InChI=1S/C16H15NO5S/c1-17(15(18)13-6-7-14(23-13)16(19)20)8-10-9-21-11-4-2-3-5-12(11)22-10/h2-7,10H,8-9H2,1H3,(H,19,20). The van der Waals surface area contributed by atoms with Crippen LogP contribution in [0.25, 0.3) is 0 Å². The average molecular weight is 333 g/mol. The molecular formula is C16H15NO5S. The summed E-state index contributed by atoms with van der Waals surface area (Å²) in [4.78, 5) is 25.3. The third-order valence-corrected chi connectivity index (χ3v) is 4.48. The summed E-state index contributed by atoms with van der Waals surface area (Å²) in [6.45, 7) is 0.715. The van der Waals surface area contributed by atoms with Gasteiger partial charge in [-0.2, -0.15) is 0 Å². The summed E-state index contributed by atoms with van der Waals surface area (Å²) < 4.78 is 11.4. The number of aromatic carboxylic acids is 1. The maximum atomic E-state index is 12.3. The molecule has 0 saturated carbocycles. The minimum absolute atomic E-state index is 0.146. The number of benzene rings is 1. The minimum Gasteiger partial charge on any atom is -0.486 e. The Labute approximate surface area is 136 Å². The molecule has 1 aromatic heterocycles. The first-order valence-electron chi connectivity index (χ1n) is 7.01. The number of carbonyl (C=O) groups is 2. The zero-order valence-electron chi connectivity index (χ0n) is 12.4. The van der Waals surface area contributed by atoms with Crippen LogP contribution in [0, 0.1) is 0 Å². The quantitative estimate of drug-likeness (QED) is 0.929. The summed E-state index contributed by atoms with van der Waals surface area (Å²) in [6.07, 6.45) is -0.266. The number of hydrogen-bond donors (Lipinski definition) is 1. The minimum atomic E-state index is -1.03. The molecule has 1 atom stereocenters. The third-order valence-electron chi connectivity index (χ3n) is 3.42. The van der Waals surface area contributed by atoms with Crippen molar-refractivity contribution in [3.05, 3.63) is 46.2 Å². The first-order valence-corrected chi connectivity index (χ1v) is 7.83. The Morgan fingerprint density at radius 1 is 1.22 bits per heavy atom. The molecule has 1 unspecified atom stereocenters.